The fraction of sp³-hybridized carbons (Fsp3) is 1.00. The van der Waals surface area contributed by atoms with Gasteiger partial charge in [0.1, 0.15) is 0 Å². The van der Waals surface area contributed by atoms with Crippen LogP contribution in [0, 0.1) is 5.41 Å². The van der Waals surface area contributed by atoms with Crippen molar-refractivity contribution in [3.8, 4) is 0 Å². The van der Waals surface area contributed by atoms with Gasteiger partial charge in [0.15, 0.2) is 0 Å². The summed E-state index contributed by atoms with van der Waals surface area (Å²) in [6.07, 6.45) is 2.93. The Hall–Kier alpha value is -0.120. The highest BCUT2D eigenvalue weighted by Gasteiger charge is 2.26. The number of nitrogens with one attached hydrogen (secondary N) is 1. The van der Waals surface area contributed by atoms with Gasteiger partial charge in [-0.05, 0) is 31.8 Å². The van der Waals surface area contributed by atoms with Crippen LogP contribution < -0.4 is 5.32 Å². The van der Waals surface area contributed by atoms with Crippen molar-refractivity contribution in [2.75, 3.05) is 33.3 Å². The second-order valence-corrected chi connectivity index (χ2v) is 6.19. The van der Waals surface area contributed by atoms with E-state index in [1.165, 1.54) is 12.8 Å². The summed E-state index contributed by atoms with van der Waals surface area (Å²) < 4.78 is 5.72. The van der Waals surface area contributed by atoms with E-state index in [-0.39, 0.29) is 0 Å². The largest absolute Gasteiger partial charge is 0.377 e. The molecule has 0 spiro atoms. The van der Waals surface area contributed by atoms with E-state index < -0.39 is 0 Å². The first kappa shape index (κ1) is 14.9. The molecule has 1 aliphatic heterocycles. The minimum absolute atomic E-state index is 0.304. The zero-order chi connectivity index (χ0) is 12.9. The predicted octanol–water partition coefficient (Wildman–Crippen LogP) is 2.12. The topological polar surface area (TPSA) is 24.5 Å². The van der Waals surface area contributed by atoms with Gasteiger partial charge in [-0.1, -0.05) is 27.7 Å². The normalized spacial score (nSPS) is 23.3. The highest BCUT2D eigenvalue weighted by Crippen LogP contribution is 2.21. The van der Waals surface area contributed by atoms with Gasteiger partial charge in [0.2, 0.25) is 0 Å². The molecule has 0 aromatic rings. The van der Waals surface area contributed by atoms with Gasteiger partial charge < -0.3 is 10.1 Å². The molecule has 1 N–H and O–H groups in total. The number of ether oxygens (including phenoxy) is 1. The molecule has 0 saturated carbocycles. The second-order valence-electron chi connectivity index (χ2n) is 6.19. The van der Waals surface area contributed by atoms with Crippen LogP contribution in [0.25, 0.3) is 0 Å². The maximum absolute atomic E-state index is 5.72. The number of hydrogen-bond acceptors (Lipinski definition) is 3. The molecule has 0 amide bonds. The molecule has 1 rings (SSSR count). The SMILES string of the molecule is CCN(CC1CCCO1)CC(NC)C(C)(C)C. The molecule has 102 valence electrons. The molecule has 1 saturated heterocycles. The maximum Gasteiger partial charge on any atom is 0.0702 e. The Morgan fingerprint density at radius 3 is 2.53 bits per heavy atom. The van der Waals surface area contributed by atoms with Crippen LogP contribution in [0.15, 0.2) is 0 Å². The van der Waals surface area contributed by atoms with Crippen LogP contribution in [-0.2, 0) is 4.74 Å². The lowest BCUT2D eigenvalue weighted by Gasteiger charge is -2.35. The van der Waals surface area contributed by atoms with E-state index in [4.69, 9.17) is 4.74 Å². The lowest BCUT2D eigenvalue weighted by Crippen LogP contribution is -2.48. The average Bonchev–Trinajstić information content (AvgIpc) is 2.74. The predicted molar refractivity (Wildman–Crippen MR) is 73.4 cm³/mol. The summed E-state index contributed by atoms with van der Waals surface area (Å²) in [5.74, 6) is 0. The summed E-state index contributed by atoms with van der Waals surface area (Å²) in [5.41, 5.74) is 0.304. The summed E-state index contributed by atoms with van der Waals surface area (Å²) >= 11 is 0. The van der Waals surface area contributed by atoms with Crippen molar-refractivity contribution in [3.63, 3.8) is 0 Å². The van der Waals surface area contributed by atoms with E-state index >= 15 is 0 Å². The maximum atomic E-state index is 5.72. The molecule has 2 atom stereocenters. The van der Waals surface area contributed by atoms with Crippen LogP contribution in [0.1, 0.15) is 40.5 Å². The molecule has 17 heavy (non-hydrogen) atoms. The third-order valence-electron chi connectivity index (χ3n) is 3.77. The highest BCUT2D eigenvalue weighted by atomic mass is 16.5. The van der Waals surface area contributed by atoms with Gasteiger partial charge >= 0.3 is 0 Å². The molecule has 2 unspecified atom stereocenters. The summed E-state index contributed by atoms with van der Waals surface area (Å²) in [5, 5.41) is 3.45. The van der Waals surface area contributed by atoms with Crippen molar-refractivity contribution in [2.24, 2.45) is 5.41 Å². The summed E-state index contributed by atoms with van der Waals surface area (Å²) in [4.78, 5) is 2.52. The first-order valence-corrected chi connectivity index (χ1v) is 6.98. The van der Waals surface area contributed by atoms with Crippen molar-refractivity contribution in [1.29, 1.82) is 0 Å². The van der Waals surface area contributed by atoms with Crippen LogP contribution in [0.2, 0.25) is 0 Å². The van der Waals surface area contributed by atoms with Gasteiger partial charge in [-0.3, -0.25) is 4.90 Å². The molecule has 0 aromatic carbocycles. The van der Waals surface area contributed by atoms with Crippen LogP contribution >= 0.6 is 0 Å². The van der Waals surface area contributed by atoms with Gasteiger partial charge in [0, 0.05) is 25.7 Å². The average molecular weight is 242 g/mol. The quantitative estimate of drug-likeness (QED) is 0.772. The zero-order valence-corrected chi connectivity index (χ0v) is 12.3. The number of rotatable bonds is 6. The molecule has 0 aliphatic carbocycles. The third kappa shape index (κ3) is 4.94. The molecular formula is C14H30N2O. The summed E-state index contributed by atoms with van der Waals surface area (Å²) in [7, 11) is 2.07. The number of nitrogens with zero attached hydrogens (tertiary/aromatic N) is 1. The third-order valence-corrected chi connectivity index (χ3v) is 3.77. The minimum Gasteiger partial charge on any atom is -0.377 e. The first-order chi connectivity index (χ1) is 7.97. The lowest BCUT2D eigenvalue weighted by atomic mass is 9.86. The zero-order valence-electron chi connectivity index (χ0n) is 12.3. The molecule has 0 radical (unpaired) electrons. The molecule has 1 heterocycles. The van der Waals surface area contributed by atoms with Crippen molar-refractivity contribution in [3.05, 3.63) is 0 Å². The fourth-order valence-electron chi connectivity index (χ4n) is 2.47. The molecular weight excluding hydrogens is 212 g/mol. The Kier molecular flexibility index (Phi) is 5.90. The number of likely N-dealkylation sites (N-methyl/N-ethyl adjacent to an activating group) is 2. The monoisotopic (exact) mass is 242 g/mol. The van der Waals surface area contributed by atoms with Crippen LogP contribution in [0.5, 0.6) is 0 Å². The molecule has 1 fully saturated rings. The van der Waals surface area contributed by atoms with Gasteiger partial charge in [-0.25, -0.2) is 0 Å². The van der Waals surface area contributed by atoms with E-state index in [0.717, 1.165) is 26.2 Å². The van der Waals surface area contributed by atoms with E-state index in [1.807, 2.05) is 0 Å². The molecule has 0 bridgehead atoms. The first-order valence-electron chi connectivity index (χ1n) is 6.98. The Bertz CT molecular complexity index is 207. The van der Waals surface area contributed by atoms with E-state index in [0.29, 0.717) is 17.6 Å². The number of hydrogen-bond donors (Lipinski definition) is 1. The minimum atomic E-state index is 0.304. The van der Waals surface area contributed by atoms with Crippen molar-refractivity contribution < 1.29 is 4.74 Å². The van der Waals surface area contributed by atoms with Gasteiger partial charge in [0.25, 0.3) is 0 Å². The molecule has 3 nitrogen and oxygen atoms in total. The Labute approximate surface area is 107 Å². The van der Waals surface area contributed by atoms with Crippen molar-refractivity contribution in [2.45, 2.75) is 52.7 Å². The van der Waals surface area contributed by atoms with Gasteiger partial charge in [0.05, 0.1) is 6.10 Å². The summed E-state index contributed by atoms with van der Waals surface area (Å²) in [6.45, 7) is 13.4. The highest BCUT2D eigenvalue weighted by molar-refractivity contribution is 4.83. The van der Waals surface area contributed by atoms with Crippen LogP contribution in [0.4, 0.5) is 0 Å². The summed E-state index contributed by atoms with van der Waals surface area (Å²) in [6, 6.07) is 0.531. The van der Waals surface area contributed by atoms with Gasteiger partial charge in [-0.2, -0.15) is 0 Å². The molecule has 1 aliphatic rings. The fourth-order valence-corrected chi connectivity index (χ4v) is 2.47. The smallest absolute Gasteiger partial charge is 0.0702 e. The Morgan fingerprint density at radius 1 is 1.41 bits per heavy atom. The van der Waals surface area contributed by atoms with Crippen molar-refractivity contribution in [1.82, 2.24) is 10.2 Å². The van der Waals surface area contributed by atoms with Crippen LogP contribution in [-0.4, -0.2) is 50.3 Å². The lowest BCUT2D eigenvalue weighted by molar-refractivity contribution is 0.0654. The van der Waals surface area contributed by atoms with E-state index in [2.05, 4.69) is 45.0 Å². The Morgan fingerprint density at radius 2 is 2.12 bits per heavy atom. The van der Waals surface area contributed by atoms with E-state index in [9.17, 15) is 0 Å². The Balaban J connectivity index is 2.43. The molecule has 0 aromatic heterocycles. The van der Waals surface area contributed by atoms with Gasteiger partial charge in [-0.15, -0.1) is 0 Å². The van der Waals surface area contributed by atoms with E-state index in [1.54, 1.807) is 0 Å². The standard InChI is InChI=1S/C14H30N2O/c1-6-16(10-12-8-7-9-17-12)11-13(15-5)14(2,3)4/h12-13,15H,6-11H2,1-5H3. The van der Waals surface area contributed by atoms with Crippen molar-refractivity contribution >= 4 is 0 Å². The second kappa shape index (κ2) is 6.72. The molecule has 3 heteroatoms. The van der Waals surface area contributed by atoms with Crippen LogP contribution in [0.3, 0.4) is 0 Å².